The Balaban J connectivity index is 2.61. The Labute approximate surface area is 99.1 Å². The molecule has 0 radical (unpaired) electrons. The van der Waals surface area contributed by atoms with Crippen LogP contribution in [0.1, 0.15) is 52.9 Å². The van der Waals surface area contributed by atoms with Crippen molar-refractivity contribution >= 4 is 0 Å². The molecule has 0 aromatic carbocycles. The molecule has 0 spiro atoms. The Kier molecular flexibility index (Phi) is 5.73. The van der Waals surface area contributed by atoms with Gasteiger partial charge in [0.15, 0.2) is 6.29 Å². The lowest BCUT2D eigenvalue weighted by molar-refractivity contribution is -0.248. The van der Waals surface area contributed by atoms with Gasteiger partial charge in [-0.25, -0.2) is 0 Å². The van der Waals surface area contributed by atoms with Crippen molar-refractivity contribution in [2.24, 2.45) is 5.92 Å². The van der Waals surface area contributed by atoms with Gasteiger partial charge in [-0.1, -0.05) is 19.3 Å². The molecule has 1 aliphatic rings. The second-order valence-corrected chi connectivity index (χ2v) is 4.80. The van der Waals surface area contributed by atoms with Gasteiger partial charge in [0.05, 0.1) is 0 Å². The van der Waals surface area contributed by atoms with Gasteiger partial charge in [0.2, 0.25) is 0 Å². The van der Waals surface area contributed by atoms with E-state index in [9.17, 15) is 5.11 Å². The van der Waals surface area contributed by atoms with Crippen LogP contribution in [-0.2, 0) is 9.47 Å². The molecule has 1 saturated carbocycles. The monoisotopic (exact) mass is 230 g/mol. The molecule has 0 aromatic rings. The summed E-state index contributed by atoms with van der Waals surface area (Å²) in [4.78, 5) is 0. The average molecular weight is 230 g/mol. The molecule has 0 aromatic heterocycles. The minimum atomic E-state index is -0.855. The second kappa shape index (κ2) is 6.58. The molecule has 1 atom stereocenters. The first-order valence-corrected chi connectivity index (χ1v) is 6.58. The SMILES string of the molecule is CCOC(OCC)C(C)(O)C1CCCCC1. The van der Waals surface area contributed by atoms with E-state index in [1.54, 1.807) is 0 Å². The summed E-state index contributed by atoms with van der Waals surface area (Å²) in [6.45, 7) is 6.88. The molecule has 1 aliphatic carbocycles. The van der Waals surface area contributed by atoms with Crippen LogP contribution in [0.5, 0.6) is 0 Å². The summed E-state index contributed by atoms with van der Waals surface area (Å²) >= 11 is 0. The molecule has 0 saturated heterocycles. The van der Waals surface area contributed by atoms with Gasteiger partial charge in [0.25, 0.3) is 0 Å². The van der Waals surface area contributed by atoms with E-state index in [-0.39, 0.29) is 0 Å². The Hall–Kier alpha value is -0.120. The van der Waals surface area contributed by atoms with Crippen molar-refractivity contribution in [3.05, 3.63) is 0 Å². The van der Waals surface area contributed by atoms with E-state index in [0.29, 0.717) is 19.1 Å². The van der Waals surface area contributed by atoms with E-state index in [1.807, 2.05) is 20.8 Å². The smallest absolute Gasteiger partial charge is 0.186 e. The summed E-state index contributed by atoms with van der Waals surface area (Å²) in [6, 6.07) is 0. The van der Waals surface area contributed by atoms with Gasteiger partial charge in [-0.05, 0) is 39.5 Å². The van der Waals surface area contributed by atoms with Gasteiger partial charge in [-0.3, -0.25) is 0 Å². The number of ether oxygens (including phenoxy) is 2. The zero-order valence-electron chi connectivity index (χ0n) is 10.9. The fourth-order valence-corrected chi connectivity index (χ4v) is 2.57. The highest BCUT2D eigenvalue weighted by molar-refractivity contribution is 4.87. The third-order valence-corrected chi connectivity index (χ3v) is 3.54. The van der Waals surface area contributed by atoms with Crippen LogP contribution >= 0.6 is 0 Å². The summed E-state index contributed by atoms with van der Waals surface area (Å²) in [5, 5.41) is 10.6. The first-order valence-electron chi connectivity index (χ1n) is 6.58. The predicted octanol–water partition coefficient (Wildman–Crippen LogP) is 2.72. The highest BCUT2D eigenvalue weighted by atomic mass is 16.7. The molecule has 96 valence electrons. The van der Waals surface area contributed by atoms with Crippen molar-refractivity contribution in [3.8, 4) is 0 Å². The zero-order chi connectivity index (χ0) is 12.0. The van der Waals surface area contributed by atoms with E-state index >= 15 is 0 Å². The summed E-state index contributed by atoms with van der Waals surface area (Å²) in [7, 11) is 0. The standard InChI is InChI=1S/C13H26O3/c1-4-15-12(16-5-2)13(3,14)11-9-7-6-8-10-11/h11-12,14H,4-10H2,1-3H3. The summed E-state index contributed by atoms with van der Waals surface area (Å²) < 4.78 is 11.1. The van der Waals surface area contributed by atoms with Gasteiger partial charge < -0.3 is 14.6 Å². The predicted molar refractivity (Wildman–Crippen MR) is 64.2 cm³/mol. The van der Waals surface area contributed by atoms with Crippen LogP contribution in [0, 0.1) is 5.92 Å². The second-order valence-electron chi connectivity index (χ2n) is 4.80. The first-order chi connectivity index (χ1) is 7.62. The third-order valence-electron chi connectivity index (χ3n) is 3.54. The normalized spacial score (nSPS) is 22.3. The molecule has 0 bridgehead atoms. The van der Waals surface area contributed by atoms with Crippen LogP contribution in [0.3, 0.4) is 0 Å². The van der Waals surface area contributed by atoms with Gasteiger partial charge in [-0.15, -0.1) is 0 Å². The summed E-state index contributed by atoms with van der Waals surface area (Å²) in [5.41, 5.74) is -0.855. The molecule has 0 heterocycles. The maximum Gasteiger partial charge on any atom is 0.186 e. The van der Waals surface area contributed by atoms with E-state index < -0.39 is 11.9 Å². The van der Waals surface area contributed by atoms with Crippen LogP contribution in [0.25, 0.3) is 0 Å². The molecule has 0 amide bonds. The van der Waals surface area contributed by atoms with Crippen LogP contribution < -0.4 is 0 Å². The lowest BCUT2D eigenvalue weighted by atomic mass is 9.77. The summed E-state index contributed by atoms with van der Waals surface area (Å²) in [6.07, 6.45) is 5.41. The molecule has 3 nitrogen and oxygen atoms in total. The van der Waals surface area contributed by atoms with Crippen molar-refractivity contribution in [2.75, 3.05) is 13.2 Å². The number of hydrogen-bond acceptors (Lipinski definition) is 3. The van der Waals surface area contributed by atoms with Gasteiger partial charge in [0.1, 0.15) is 5.60 Å². The highest BCUT2D eigenvalue weighted by Crippen LogP contribution is 2.35. The largest absolute Gasteiger partial charge is 0.385 e. The molecular formula is C13H26O3. The molecule has 1 N–H and O–H groups in total. The van der Waals surface area contributed by atoms with Crippen molar-refractivity contribution in [3.63, 3.8) is 0 Å². The lowest BCUT2D eigenvalue weighted by Gasteiger charge is -2.40. The van der Waals surface area contributed by atoms with Gasteiger partial charge >= 0.3 is 0 Å². The molecule has 3 heteroatoms. The lowest BCUT2D eigenvalue weighted by Crippen LogP contribution is -2.49. The molecule has 1 fully saturated rings. The Morgan fingerprint density at radius 2 is 1.62 bits per heavy atom. The van der Waals surface area contributed by atoms with Gasteiger partial charge in [0, 0.05) is 13.2 Å². The average Bonchev–Trinajstić information content (AvgIpc) is 2.30. The molecule has 16 heavy (non-hydrogen) atoms. The Morgan fingerprint density at radius 1 is 1.12 bits per heavy atom. The molecule has 1 rings (SSSR count). The molecule has 0 aliphatic heterocycles. The van der Waals surface area contributed by atoms with Crippen LogP contribution in [0.15, 0.2) is 0 Å². The molecule has 1 unspecified atom stereocenters. The molecular weight excluding hydrogens is 204 g/mol. The maximum absolute atomic E-state index is 10.6. The number of rotatable bonds is 6. The van der Waals surface area contributed by atoms with Crippen LogP contribution in [-0.4, -0.2) is 30.2 Å². The first kappa shape index (κ1) is 13.9. The fraction of sp³-hybridized carbons (Fsp3) is 1.00. The minimum absolute atomic E-state index is 0.310. The van der Waals surface area contributed by atoms with E-state index in [1.165, 1.54) is 19.3 Å². The Bertz CT molecular complexity index is 180. The third kappa shape index (κ3) is 3.44. The van der Waals surface area contributed by atoms with E-state index in [0.717, 1.165) is 12.8 Å². The minimum Gasteiger partial charge on any atom is -0.385 e. The van der Waals surface area contributed by atoms with Crippen molar-refractivity contribution in [2.45, 2.75) is 64.8 Å². The highest BCUT2D eigenvalue weighted by Gasteiger charge is 2.41. The summed E-state index contributed by atoms with van der Waals surface area (Å²) in [5.74, 6) is 0.310. The number of aliphatic hydroxyl groups is 1. The van der Waals surface area contributed by atoms with Crippen LogP contribution in [0.4, 0.5) is 0 Å². The van der Waals surface area contributed by atoms with Crippen LogP contribution in [0.2, 0.25) is 0 Å². The zero-order valence-corrected chi connectivity index (χ0v) is 10.9. The van der Waals surface area contributed by atoms with Gasteiger partial charge in [-0.2, -0.15) is 0 Å². The number of hydrogen-bond donors (Lipinski definition) is 1. The van der Waals surface area contributed by atoms with E-state index in [4.69, 9.17) is 9.47 Å². The quantitative estimate of drug-likeness (QED) is 0.713. The van der Waals surface area contributed by atoms with Crippen molar-refractivity contribution in [1.82, 2.24) is 0 Å². The van der Waals surface area contributed by atoms with E-state index in [2.05, 4.69) is 0 Å². The van der Waals surface area contributed by atoms with Crippen molar-refractivity contribution < 1.29 is 14.6 Å². The van der Waals surface area contributed by atoms with Crippen molar-refractivity contribution in [1.29, 1.82) is 0 Å². The fourth-order valence-electron chi connectivity index (χ4n) is 2.57. The Morgan fingerprint density at radius 3 is 2.06 bits per heavy atom. The topological polar surface area (TPSA) is 38.7 Å². The maximum atomic E-state index is 10.6.